The normalized spacial score (nSPS) is 12.8. The molecule has 0 saturated heterocycles. The van der Waals surface area contributed by atoms with Crippen molar-refractivity contribution in [2.45, 2.75) is 9.75 Å². The number of benzene rings is 3. The molecule has 0 aliphatic rings. The van der Waals surface area contributed by atoms with E-state index in [0.717, 1.165) is 13.4 Å². The first kappa shape index (κ1) is 34.1. The van der Waals surface area contributed by atoms with E-state index in [1.165, 1.54) is 0 Å². The van der Waals surface area contributed by atoms with Crippen LogP contribution in [0.15, 0.2) is 76.7 Å². The smallest absolute Gasteiger partial charge is 0.368 e. The molecule has 3 rings (SSSR count). The Bertz CT molecular complexity index is 1310. The van der Waals surface area contributed by atoms with Crippen molar-refractivity contribution in [1.82, 2.24) is 0 Å². The van der Waals surface area contributed by atoms with Gasteiger partial charge in [0, 0.05) is 45.8 Å². The lowest BCUT2D eigenvalue weighted by Crippen LogP contribution is -2.52. The molecule has 0 aromatic heterocycles. The number of rotatable bonds is 7. The second kappa shape index (κ2) is 13.1. The Morgan fingerprint density at radius 3 is 1.24 bits per heavy atom. The highest BCUT2D eigenvalue weighted by atomic mass is 79.9. The Labute approximate surface area is 299 Å². The first-order valence-corrected chi connectivity index (χ1v) is 19.2. The van der Waals surface area contributed by atoms with Gasteiger partial charge in [-0.05, 0) is 173 Å². The summed E-state index contributed by atoms with van der Waals surface area (Å²) in [7, 11) is -5.05. The monoisotopic (exact) mass is 1140 g/mol. The summed E-state index contributed by atoms with van der Waals surface area (Å²) in [5.41, 5.74) is -0.103. The van der Waals surface area contributed by atoms with Crippen LogP contribution < -0.4 is 0 Å². The van der Waals surface area contributed by atoms with Crippen LogP contribution in [0.4, 0.5) is 0 Å². The van der Waals surface area contributed by atoms with Crippen molar-refractivity contribution in [2.75, 3.05) is 6.61 Å². The van der Waals surface area contributed by atoms with Gasteiger partial charge in [-0.1, -0.05) is 41.4 Å². The van der Waals surface area contributed by atoms with Crippen LogP contribution >= 0.6 is 167 Å². The van der Waals surface area contributed by atoms with Crippen LogP contribution in [0.5, 0.6) is 0 Å². The van der Waals surface area contributed by atoms with Crippen molar-refractivity contribution in [3.05, 3.63) is 93.3 Å². The van der Waals surface area contributed by atoms with E-state index in [-0.39, 0.29) is 0 Å². The molecule has 0 radical (unpaired) electrons. The lowest BCUT2D eigenvalue weighted by molar-refractivity contribution is 0.0438. The SMILES string of the molecule is O[Si](O)(O)OCC(c1ccc(Br)c(Br)c1Br)(c1ccc(Br)c(Br)c1Br)C(Cl)(Cl)c1ccc(Br)c(Br)c1Br. The summed E-state index contributed by atoms with van der Waals surface area (Å²) in [6.07, 6.45) is 0. The van der Waals surface area contributed by atoms with Crippen LogP contribution in [0.25, 0.3) is 0 Å². The van der Waals surface area contributed by atoms with Gasteiger partial charge in [0.2, 0.25) is 0 Å². The Kier molecular flexibility index (Phi) is 12.1. The second-order valence-corrected chi connectivity index (χ2v) is 17.6. The third kappa shape index (κ3) is 6.74. The molecule has 3 N–H and O–H groups in total. The molecule has 3 aromatic carbocycles. The van der Waals surface area contributed by atoms with E-state index in [2.05, 4.69) is 143 Å². The summed E-state index contributed by atoms with van der Waals surface area (Å²) in [6, 6.07) is 10.6. The molecular weight excluding hydrogens is 1130 g/mol. The zero-order valence-electron chi connectivity index (χ0n) is 17.6. The minimum absolute atomic E-state index is 0.437. The molecule has 0 aliphatic carbocycles. The number of alkyl halides is 2. The summed E-state index contributed by atoms with van der Waals surface area (Å²) in [4.78, 5) is 29.8. The van der Waals surface area contributed by atoms with E-state index in [9.17, 15) is 14.4 Å². The Balaban J connectivity index is 2.59. The molecule has 0 heterocycles. The lowest BCUT2D eigenvalue weighted by Gasteiger charge is -2.46. The maximum Gasteiger partial charge on any atom is 0.671 e. The molecule has 200 valence electrons. The number of hydrogen-bond donors (Lipinski definition) is 3. The van der Waals surface area contributed by atoms with Crippen LogP contribution in [0.2, 0.25) is 0 Å². The van der Waals surface area contributed by atoms with Gasteiger partial charge in [-0.25, -0.2) is 0 Å². The van der Waals surface area contributed by atoms with Gasteiger partial charge in [-0.3, -0.25) is 0 Å². The van der Waals surface area contributed by atoms with Gasteiger partial charge in [0.25, 0.3) is 0 Å². The van der Waals surface area contributed by atoms with Gasteiger partial charge in [-0.15, -0.1) is 0 Å². The zero-order valence-corrected chi connectivity index (χ0v) is 34.4. The van der Waals surface area contributed by atoms with Crippen LogP contribution in [0.1, 0.15) is 16.7 Å². The maximum atomic E-state index is 9.94. The van der Waals surface area contributed by atoms with Crippen LogP contribution in [-0.2, 0) is 14.2 Å². The topological polar surface area (TPSA) is 69.9 Å². The van der Waals surface area contributed by atoms with E-state index in [1.807, 2.05) is 0 Å². The molecular formula is C21H11Br9Cl2O4Si. The van der Waals surface area contributed by atoms with Gasteiger partial charge in [0.05, 0.1) is 12.0 Å². The van der Waals surface area contributed by atoms with Gasteiger partial charge < -0.3 is 18.8 Å². The molecule has 37 heavy (non-hydrogen) atoms. The quantitative estimate of drug-likeness (QED) is 0.125. The van der Waals surface area contributed by atoms with Crippen molar-refractivity contribution in [1.29, 1.82) is 0 Å². The van der Waals surface area contributed by atoms with Gasteiger partial charge in [-0.2, -0.15) is 0 Å². The molecule has 4 nitrogen and oxygen atoms in total. The summed E-state index contributed by atoms with van der Waals surface area (Å²) < 4.78 is 9.39. The molecule has 3 aromatic rings. The van der Waals surface area contributed by atoms with E-state index in [0.29, 0.717) is 43.5 Å². The van der Waals surface area contributed by atoms with Gasteiger partial charge >= 0.3 is 9.05 Å². The average molecular weight is 1150 g/mol. The number of hydrogen-bond acceptors (Lipinski definition) is 4. The Morgan fingerprint density at radius 1 is 0.568 bits per heavy atom. The Hall–Kier alpha value is 2.62. The number of halogens is 11. The highest BCUT2D eigenvalue weighted by Crippen LogP contribution is 2.61. The predicted octanol–water partition coefficient (Wildman–Crippen LogP) is 10.6. The van der Waals surface area contributed by atoms with Gasteiger partial charge in [0.1, 0.15) is 0 Å². The molecule has 0 bridgehead atoms. The summed E-state index contributed by atoms with van der Waals surface area (Å²) in [5.74, 6) is 0. The minimum Gasteiger partial charge on any atom is -0.368 e. The first-order chi connectivity index (χ1) is 17.0. The van der Waals surface area contributed by atoms with Crippen molar-refractivity contribution in [3.8, 4) is 0 Å². The lowest BCUT2D eigenvalue weighted by atomic mass is 9.70. The third-order valence-corrected chi connectivity index (χ3v) is 17.1. The van der Waals surface area contributed by atoms with Crippen LogP contribution in [0, 0.1) is 0 Å². The average Bonchev–Trinajstić information content (AvgIpc) is 2.80. The minimum atomic E-state index is -5.05. The summed E-state index contributed by atoms with van der Waals surface area (Å²) in [5, 5.41) is 0. The van der Waals surface area contributed by atoms with Crippen molar-refractivity contribution in [2.24, 2.45) is 0 Å². The molecule has 0 saturated carbocycles. The molecule has 0 unspecified atom stereocenters. The first-order valence-electron chi connectivity index (χ1n) is 9.58. The maximum absolute atomic E-state index is 9.94. The molecule has 0 amide bonds. The van der Waals surface area contributed by atoms with Crippen molar-refractivity contribution in [3.63, 3.8) is 0 Å². The van der Waals surface area contributed by atoms with Crippen molar-refractivity contribution < 1.29 is 18.8 Å². The second-order valence-electron chi connectivity index (χ2n) is 7.51. The largest absolute Gasteiger partial charge is 0.671 e. The fourth-order valence-corrected chi connectivity index (χ4v) is 9.95. The van der Waals surface area contributed by atoms with E-state index in [1.54, 1.807) is 36.4 Å². The highest BCUT2D eigenvalue weighted by Gasteiger charge is 2.57. The fourth-order valence-electron chi connectivity index (χ4n) is 3.64. The van der Waals surface area contributed by atoms with E-state index >= 15 is 0 Å². The molecule has 0 aliphatic heterocycles. The highest BCUT2D eigenvalue weighted by molar-refractivity contribution is 9.15. The fraction of sp³-hybridized carbons (Fsp3) is 0.143. The van der Waals surface area contributed by atoms with E-state index in [4.69, 9.17) is 27.6 Å². The standard InChI is InChI=1S/C21H11Br9Cl2O4Si/c22-11-4-1-8(14(25)17(11)28)20(7-36-37(33,34)35,9-2-5-12(23)18(29)15(9)26)21(31,32)10-3-6-13(24)19(30)16(10)27/h1-6,33-35H,7H2. The van der Waals surface area contributed by atoms with Gasteiger partial charge in [0.15, 0.2) is 4.33 Å². The molecule has 16 heteroatoms. The molecule has 0 atom stereocenters. The molecule has 0 fully saturated rings. The Morgan fingerprint density at radius 2 is 0.892 bits per heavy atom. The third-order valence-electron chi connectivity index (χ3n) is 5.38. The zero-order chi connectivity index (χ0) is 28.1. The van der Waals surface area contributed by atoms with E-state index < -0.39 is 25.4 Å². The van der Waals surface area contributed by atoms with Crippen LogP contribution in [0.3, 0.4) is 0 Å². The predicted molar refractivity (Wildman–Crippen MR) is 181 cm³/mol. The summed E-state index contributed by atoms with van der Waals surface area (Å²) >= 11 is 47.0. The van der Waals surface area contributed by atoms with Crippen molar-refractivity contribution >= 4 is 176 Å². The summed E-state index contributed by atoms with van der Waals surface area (Å²) in [6.45, 7) is -0.533. The van der Waals surface area contributed by atoms with Crippen LogP contribution in [-0.4, -0.2) is 30.0 Å². The molecule has 0 spiro atoms.